The number of ether oxygens (including phenoxy) is 1. The van der Waals surface area contributed by atoms with Gasteiger partial charge >= 0.3 is 6.09 Å². The Balaban J connectivity index is 2.82. The lowest BCUT2D eigenvalue weighted by atomic mass is 10.1. The molecule has 4 heteroatoms. The number of rotatable bonds is 2. The van der Waals surface area contributed by atoms with Gasteiger partial charge in [-0.05, 0) is 13.0 Å². The van der Waals surface area contributed by atoms with E-state index in [1.807, 2.05) is 0 Å². The van der Waals surface area contributed by atoms with Crippen LogP contribution in [0, 0.1) is 5.82 Å². The second-order valence-corrected chi connectivity index (χ2v) is 2.60. The van der Waals surface area contributed by atoms with Crippen LogP contribution in [0.1, 0.15) is 18.6 Å². The number of nitrogens with two attached hydrogens (primary N) is 1. The van der Waals surface area contributed by atoms with Crippen molar-refractivity contribution in [1.29, 1.82) is 0 Å². The average Bonchev–Trinajstić information content (AvgIpc) is 2.03. The van der Waals surface area contributed by atoms with Crippen LogP contribution in [0.3, 0.4) is 0 Å². The summed E-state index contributed by atoms with van der Waals surface area (Å²) >= 11 is 0. The monoisotopic (exact) mass is 183 g/mol. The standard InChI is InChI=1S/C9H10FNO2/c1-6(13-9(11)12)7-4-2-3-5-8(7)10/h2-6H,1H3,(H2,11,12)/t6-/m0/s1. The molecule has 1 rings (SSSR count). The summed E-state index contributed by atoms with van der Waals surface area (Å²) in [5.74, 6) is -0.406. The van der Waals surface area contributed by atoms with Gasteiger partial charge in [0, 0.05) is 5.56 Å². The molecule has 1 amide bonds. The molecule has 0 heterocycles. The molecular weight excluding hydrogens is 173 g/mol. The van der Waals surface area contributed by atoms with E-state index in [2.05, 4.69) is 4.74 Å². The maximum Gasteiger partial charge on any atom is 0.405 e. The molecule has 0 aromatic heterocycles. The van der Waals surface area contributed by atoms with E-state index < -0.39 is 18.0 Å². The largest absolute Gasteiger partial charge is 0.442 e. The molecule has 0 aliphatic carbocycles. The third-order valence-electron chi connectivity index (χ3n) is 1.64. The molecule has 70 valence electrons. The van der Waals surface area contributed by atoms with Crippen molar-refractivity contribution in [3.8, 4) is 0 Å². The van der Waals surface area contributed by atoms with Gasteiger partial charge in [-0.2, -0.15) is 0 Å². The average molecular weight is 183 g/mol. The van der Waals surface area contributed by atoms with Gasteiger partial charge < -0.3 is 10.5 Å². The summed E-state index contributed by atoms with van der Waals surface area (Å²) in [5.41, 5.74) is 5.12. The highest BCUT2D eigenvalue weighted by molar-refractivity contribution is 5.65. The normalized spacial score (nSPS) is 12.2. The molecule has 0 radical (unpaired) electrons. The summed E-state index contributed by atoms with van der Waals surface area (Å²) in [6.07, 6.45) is -1.56. The van der Waals surface area contributed by atoms with E-state index in [4.69, 9.17) is 5.73 Å². The maximum absolute atomic E-state index is 13.1. The highest BCUT2D eigenvalue weighted by Crippen LogP contribution is 2.19. The van der Waals surface area contributed by atoms with Crippen LogP contribution in [0.4, 0.5) is 9.18 Å². The molecule has 0 unspecified atom stereocenters. The fraction of sp³-hybridized carbons (Fsp3) is 0.222. The predicted octanol–water partition coefficient (Wildman–Crippen LogP) is 1.98. The molecule has 13 heavy (non-hydrogen) atoms. The number of amides is 1. The van der Waals surface area contributed by atoms with Crippen molar-refractivity contribution in [3.05, 3.63) is 35.6 Å². The topological polar surface area (TPSA) is 52.3 Å². The highest BCUT2D eigenvalue weighted by Gasteiger charge is 2.12. The van der Waals surface area contributed by atoms with Gasteiger partial charge in [-0.3, -0.25) is 0 Å². The number of benzene rings is 1. The van der Waals surface area contributed by atoms with Crippen molar-refractivity contribution in [2.45, 2.75) is 13.0 Å². The van der Waals surface area contributed by atoms with Gasteiger partial charge in [-0.25, -0.2) is 9.18 Å². The van der Waals surface area contributed by atoms with Crippen LogP contribution < -0.4 is 5.73 Å². The molecule has 3 nitrogen and oxygen atoms in total. The minimum atomic E-state index is -0.907. The zero-order valence-corrected chi connectivity index (χ0v) is 7.16. The number of hydrogen-bond acceptors (Lipinski definition) is 2. The lowest BCUT2D eigenvalue weighted by Gasteiger charge is -2.11. The van der Waals surface area contributed by atoms with Crippen LogP contribution in [0.2, 0.25) is 0 Å². The van der Waals surface area contributed by atoms with Gasteiger partial charge in [0.1, 0.15) is 11.9 Å². The molecule has 1 atom stereocenters. The predicted molar refractivity (Wildman–Crippen MR) is 45.5 cm³/mol. The van der Waals surface area contributed by atoms with E-state index in [1.165, 1.54) is 6.07 Å². The Hall–Kier alpha value is -1.58. The van der Waals surface area contributed by atoms with E-state index >= 15 is 0 Å². The SMILES string of the molecule is C[C@H](OC(N)=O)c1ccccc1F. The van der Waals surface area contributed by atoms with E-state index in [0.717, 1.165) is 0 Å². The van der Waals surface area contributed by atoms with Gasteiger partial charge in [-0.15, -0.1) is 0 Å². The summed E-state index contributed by atoms with van der Waals surface area (Å²) in [5, 5.41) is 0. The minimum absolute atomic E-state index is 0.321. The summed E-state index contributed by atoms with van der Waals surface area (Å²) in [6, 6.07) is 6.08. The zero-order chi connectivity index (χ0) is 9.84. The number of hydrogen-bond donors (Lipinski definition) is 1. The van der Waals surface area contributed by atoms with Crippen molar-refractivity contribution < 1.29 is 13.9 Å². The Morgan fingerprint density at radius 1 is 1.54 bits per heavy atom. The number of halogens is 1. The highest BCUT2D eigenvalue weighted by atomic mass is 19.1. The van der Waals surface area contributed by atoms with Gasteiger partial charge in [0.05, 0.1) is 0 Å². The molecule has 0 saturated carbocycles. The first-order valence-corrected chi connectivity index (χ1v) is 3.81. The molecule has 1 aromatic carbocycles. The Labute approximate surface area is 75.3 Å². The summed E-state index contributed by atoms with van der Waals surface area (Å²) < 4.78 is 17.7. The number of carbonyl (C=O) groups excluding carboxylic acids is 1. The Bertz CT molecular complexity index is 314. The summed E-state index contributed by atoms with van der Waals surface area (Å²) in [6.45, 7) is 1.56. The molecule has 0 spiro atoms. The van der Waals surface area contributed by atoms with Gasteiger partial charge in [-0.1, -0.05) is 18.2 Å². The lowest BCUT2D eigenvalue weighted by molar-refractivity contribution is 0.114. The molecule has 0 aliphatic heterocycles. The third kappa shape index (κ3) is 2.43. The van der Waals surface area contributed by atoms with Crippen LogP contribution in [0.25, 0.3) is 0 Å². The lowest BCUT2D eigenvalue weighted by Crippen LogP contribution is -2.16. The van der Waals surface area contributed by atoms with Crippen molar-refractivity contribution in [2.75, 3.05) is 0 Å². The maximum atomic E-state index is 13.1. The Morgan fingerprint density at radius 3 is 2.69 bits per heavy atom. The second-order valence-electron chi connectivity index (χ2n) is 2.60. The fourth-order valence-corrected chi connectivity index (χ4v) is 1.04. The minimum Gasteiger partial charge on any atom is -0.442 e. The Kier molecular flexibility index (Phi) is 2.84. The number of carbonyl (C=O) groups is 1. The van der Waals surface area contributed by atoms with Crippen LogP contribution in [0.5, 0.6) is 0 Å². The molecule has 0 bridgehead atoms. The van der Waals surface area contributed by atoms with Crippen molar-refractivity contribution in [1.82, 2.24) is 0 Å². The van der Waals surface area contributed by atoms with E-state index in [-0.39, 0.29) is 0 Å². The fourth-order valence-electron chi connectivity index (χ4n) is 1.04. The van der Waals surface area contributed by atoms with Crippen molar-refractivity contribution in [2.24, 2.45) is 5.73 Å². The van der Waals surface area contributed by atoms with E-state index in [0.29, 0.717) is 5.56 Å². The second kappa shape index (κ2) is 3.89. The van der Waals surface area contributed by atoms with Crippen LogP contribution >= 0.6 is 0 Å². The van der Waals surface area contributed by atoms with Crippen molar-refractivity contribution in [3.63, 3.8) is 0 Å². The summed E-state index contributed by atoms with van der Waals surface area (Å²) in [4.78, 5) is 10.4. The Morgan fingerprint density at radius 2 is 2.15 bits per heavy atom. The molecule has 1 aromatic rings. The van der Waals surface area contributed by atoms with E-state index in [9.17, 15) is 9.18 Å². The van der Waals surface area contributed by atoms with Gasteiger partial charge in [0.2, 0.25) is 0 Å². The molecule has 0 saturated heterocycles. The van der Waals surface area contributed by atoms with Gasteiger partial charge in [0.15, 0.2) is 0 Å². The smallest absolute Gasteiger partial charge is 0.405 e. The quantitative estimate of drug-likeness (QED) is 0.762. The zero-order valence-electron chi connectivity index (χ0n) is 7.16. The third-order valence-corrected chi connectivity index (χ3v) is 1.64. The first kappa shape index (κ1) is 9.51. The molecular formula is C9H10FNO2. The van der Waals surface area contributed by atoms with E-state index in [1.54, 1.807) is 25.1 Å². The van der Waals surface area contributed by atoms with Crippen LogP contribution in [0.15, 0.2) is 24.3 Å². The molecule has 0 fully saturated rings. The molecule has 0 aliphatic rings. The van der Waals surface area contributed by atoms with Gasteiger partial charge in [0.25, 0.3) is 0 Å². The summed E-state index contributed by atoms with van der Waals surface area (Å²) in [7, 11) is 0. The number of primary amides is 1. The van der Waals surface area contributed by atoms with Crippen molar-refractivity contribution >= 4 is 6.09 Å². The first-order chi connectivity index (χ1) is 6.11. The first-order valence-electron chi connectivity index (χ1n) is 3.81. The van der Waals surface area contributed by atoms with Crippen LogP contribution in [-0.2, 0) is 4.74 Å². The van der Waals surface area contributed by atoms with Crippen LogP contribution in [-0.4, -0.2) is 6.09 Å². The molecule has 2 N–H and O–H groups in total.